The number of likely N-dealkylation sites (tertiary alicyclic amines) is 1. The van der Waals surface area contributed by atoms with Crippen LogP contribution in [-0.2, 0) is 20.2 Å². The standard InChI is InChI=1S/C18H22F3NO4/c1-17(2,3)26-16(24)22-10-12(9-14(22)15(23)25-4)18(20,21)11-5-7-13(19)8-6-11/h5-8,12,14H,9-10H2,1-4H3/t12?,14-/m1/s1. The van der Waals surface area contributed by atoms with Crippen molar-refractivity contribution < 1.29 is 32.2 Å². The Bertz CT molecular complexity index is 670. The lowest BCUT2D eigenvalue weighted by Crippen LogP contribution is -2.44. The molecule has 2 rings (SSSR count). The zero-order valence-electron chi connectivity index (χ0n) is 15.1. The highest BCUT2D eigenvalue weighted by Gasteiger charge is 2.52. The summed E-state index contributed by atoms with van der Waals surface area (Å²) in [5.74, 6) is -6.09. The van der Waals surface area contributed by atoms with E-state index in [1.54, 1.807) is 20.8 Å². The normalized spacial score (nSPS) is 20.8. The smallest absolute Gasteiger partial charge is 0.411 e. The van der Waals surface area contributed by atoms with Gasteiger partial charge in [-0.2, -0.15) is 0 Å². The number of rotatable bonds is 3. The monoisotopic (exact) mass is 373 g/mol. The van der Waals surface area contributed by atoms with Gasteiger partial charge in [0.25, 0.3) is 5.92 Å². The molecule has 1 amide bonds. The van der Waals surface area contributed by atoms with E-state index >= 15 is 0 Å². The average Bonchev–Trinajstić information content (AvgIpc) is 2.99. The van der Waals surface area contributed by atoms with E-state index in [2.05, 4.69) is 4.74 Å². The van der Waals surface area contributed by atoms with Crippen molar-refractivity contribution in [3.8, 4) is 0 Å². The molecule has 1 aliphatic rings. The van der Waals surface area contributed by atoms with E-state index < -0.39 is 41.4 Å². The fourth-order valence-corrected chi connectivity index (χ4v) is 2.89. The Morgan fingerprint density at radius 2 is 1.73 bits per heavy atom. The zero-order valence-corrected chi connectivity index (χ0v) is 15.1. The summed E-state index contributed by atoms with van der Waals surface area (Å²) in [6, 6.07) is 2.73. The Hall–Kier alpha value is -2.25. The molecule has 1 saturated heterocycles. The molecule has 0 radical (unpaired) electrons. The minimum absolute atomic E-state index is 0.281. The van der Waals surface area contributed by atoms with Crippen LogP contribution in [0.3, 0.4) is 0 Å². The zero-order chi connectivity index (χ0) is 19.7. The number of halogens is 3. The minimum atomic E-state index is -3.35. The number of carbonyl (C=O) groups is 2. The van der Waals surface area contributed by atoms with Crippen molar-refractivity contribution in [3.63, 3.8) is 0 Å². The first-order chi connectivity index (χ1) is 12.0. The van der Waals surface area contributed by atoms with Gasteiger partial charge in [0.2, 0.25) is 0 Å². The van der Waals surface area contributed by atoms with Crippen molar-refractivity contribution >= 4 is 12.1 Å². The molecule has 5 nitrogen and oxygen atoms in total. The topological polar surface area (TPSA) is 55.8 Å². The van der Waals surface area contributed by atoms with Crippen LogP contribution in [0.2, 0.25) is 0 Å². The Kier molecular flexibility index (Phi) is 5.53. The van der Waals surface area contributed by atoms with Crippen molar-refractivity contribution in [1.82, 2.24) is 4.90 Å². The van der Waals surface area contributed by atoms with Crippen molar-refractivity contribution in [3.05, 3.63) is 35.6 Å². The third-order valence-corrected chi connectivity index (χ3v) is 4.14. The molecule has 1 heterocycles. The summed E-state index contributed by atoms with van der Waals surface area (Å²) in [5.41, 5.74) is -1.21. The first-order valence-corrected chi connectivity index (χ1v) is 8.17. The van der Waals surface area contributed by atoms with Gasteiger partial charge in [-0.05, 0) is 39.3 Å². The van der Waals surface area contributed by atoms with Crippen LogP contribution in [-0.4, -0.2) is 42.3 Å². The molecule has 0 aromatic heterocycles. The molecular formula is C18H22F3NO4. The molecule has 0 spiro atoms. The first-order valence-electron chi connectivity index (χ1n) is 8.17. The molecule has 2 atom stereocenters. The second-order valence-electron chi connectivity index (χ2n) is 7.23. The lowest BCUT2D eigenvalue weighted by Gasteiger charge is -2.27. The molecule has 1 unspecified atom stereocenters. The van der Waals surface area contributed by atoms with Crippen LogP contribution in [0.4, 0.5) is 18.0 Å². The summed E-state index contributed by atoms with van der Waals surface area (Å²) in [4.78, 5) is 25.3. The summed E-state index contributed by atoms with van der Waals surface area (Å²) < 4.78 is 52.6. The van der Waals surface area contributed by atoms with E-state index in [4.69, 9.17) is 4.74 Å². The molecule has 0 bridgehead atoms. The second-order valence-corrected chi connectivity index (χ2v) is 7.23. The Balaban J connectivity index is 2.27. The summed E-state index contributed by atoms with van der Waals surface area (Å²) >= 11 is 0. The average molecular weight is 373 g/mol. The van der Waals surface area contributed by atoms with Gasteiger partial charge < -0.3 is 9.47 Å². The Morgan fingerprint density at radius 3 is 2.23 bits per heavy atom. The molecule has 0 N–H and O–H groups in total. The fraction of sp³-hybridized carbons (Fsp3) is 0.556. The third kappa shape index (κ3) is 4.28. The van der Waals surface area contributed by atoms with Gasteiger partial charge in [0.05, 0.1) is 7.11 Å². The molecule has 8 heteroatoms. The van der Waals surface area contributed by atoms with Crippen molar-refractivity contribution in [1.29, 1.82) is 0 Å². The number of alkyl halides is 2. The molecule has 0 aliphatic carbocycles. The molecule has 1 aromatic carbocycles. The molecule has 1 aliphatic heterocycles. The van der Waals surface area contributed by atoms with E-state index in [1.165, 1.54) is 0 Å². The van der Waals surface area contributed by atoms with Crippen molar-refractivity contribution in [2.45, 2.75) is 44.8 Å². The number of hydrogen-bond donors (Lipinski definition) is 0. The molecule has 144 valence electrons. The molecule has 1 fully saturated rings. The highest BCUT2D eigenvalue weighted by Crippen LogP contribution is 2.43. The van der Waals surface area contributed by atoms with Gasteiger partial charge in [0.15, 0.2) is 0 Å². The van der Waals surface area contributed by atoms with Crippen molar-refractivity contribution in [2.75, 3.05) is 13.7 Å². The number of amides is 1. The molecule has 0 saturated carbocycles. The van der Waals surface area contributed by atoms with E-state index in [9.17, 15) is 22.8 Å². The minimum Gasteiger partial charge on any atom is -0.467 e. The van der Waals surface area contributed by atoms with Gasteiger partial charge in [-0.15, -0.1) is 0 Å². The predicted octanol–water partition coefficient (Wildman–Crippen LogP) is 3.72. The quantitative estimate of drug-likeness (QED) is 0.758. The number of hydrogen-bond acceptors (Lipinski definition) is 4. The van der Waals surface area contributed by atoms with Crippen LogP contribution in [0.25, 0.3) is 0 Å². The van der Waals surface area contributed by atoms with E-state index in [0.717, 1.165) is 36.3 Å². The number of carbonyl (C=O) groups excluding carboxylic acids is 2. The highest BCUT2D eigenvalue weighted by molar-refractivity contribution is 5.82. The lowest BCUT2D eigenvalue weighted by molar-refractivity contribution is -0.145. The van der Waals surface area contributed by atoms with E-state index in [1.807, 2.05) is 0 Å². The Labute approximate surface area is 150 Å². The van der Waals surface area contributed by atoms with Crippen LogP contribution in [0.15, 0.2) is 24.3 Å². The Morgan fingerprint density at radius 1 is 1.15 bits per heavy atom. The number of benzene rings is 1. The van der Waals surface area contributed by atoms with Gasteiger partial charge in [0, 0.05) is 18.0 Å². The van der Waals surface area contributed by atoms with Gasteiger partial charge in [-0.3, -0.25) is 4.90 Å². The van der Waals surface area contributed by atoms with Crippen molar-refractivity contribution in [2.24, 2.45) is 5.92 Å². The van der Waals surface area contributed by atoms with E-state index in [-0.39, 0.29) is 18.5 Å². The lowest BCUT2D eigenvalue weighted by atomic mass is 9.92. The maximum Gasteiger partial charge on any atom is 0.411 e. The predicted molar refractivity (Wildman–Crippen MR) is 87.1 cm³/mol. The van der Waals surface area contributed by atoms with Crippen LogP contribution in [0.1, 0.15) is 32.8 Å². The number of esters is 1. The van der Waals surface area contributed by atoms with Crippen LogP contribution in [0, 0.1) is 11.7 Å². The van der Waals surface area contributed by atoms with Crippen LogP contribution >= 0.6 is 0 Å². The summed E-state index contributed by atoms with van der Waals surface area (Å²) in [6.07, 6.45) is -1.14. The summed E-state index contributed by atoms with van der Waals surface area (Å²) in [5, 5.41) is 0. The molecule has 1 aromatic rings. The number of ether oxygens (including phenoxy) is 2. The number of nitrogens with zero attached hydrogens (tertiary/aromatic N) is 1. The summed E-state index contributed by atoms with van der Waals surface area (Å²) in [7, 11) is 1.13. The van der Waals surface area contributed by atoms with Gasteiger partial charge in [0.1, 0.15) is 17.5 Å². The van der Waals surface area contributed by atoms with Gasteiger partial charge in [-0.1, -0.05) is 12.1 Å². The van der Waals surface area contributed by atoms with Gasteiger partial charge in [-0.25, -0.2) is 22.8 Å². The summed E-state index contributed by atoms with van der Waals surface area (Å²) in [6.45, 7) is 4.54. The fourth-order valence-electron chi connectivity index (χ4n) is 2.89. The maximum atomic E-state index is 14.9. The molecular weight excluding hydrogens is 351 g/mol. The van der Waals surface area contributed by atoms with Gasteiger partial charge >= 0.3 is 12.1 Å². The third-order valence-electron chi connectivity index (χ3n) is 4.14. The number of methoxy groups -OCH3 is 1. The molecule has 26 heavy (non-hydrogen) atoms. The van der Waals surface area contributed by atoms with E-state index in [0.29, 0.717) is 0 Å². The largest absolute Gasteiger partial charge is 0.467 e. The SMILES string of the molecule is COC(=O)[C@H]1CC(C(F)(F)c2ccc(F)cc2)CN1C(=O)OC(C)(C)C. The van der Waals surface area contributed by atoms with Crippen LogP contribution < -0.4 is 0 Å². The second kappa shape index (κ2) is 7.17. The van der Waals surface area contributed by atoms with Crippen LogP contribution in [0.5, 0.6) is 0 Å². The first kappa shape index (κ1) is 20.1. The maximum absolute atomic E-state index is 14.9. The highest BCUT2D eigenvalue weighted by atomic mass is 19.3.